The number of rotatable bonds is 5. The first-order valence-electron chi connectivity index (χ1n) is 6.89. The summed E-state index contributed by atoms with van der Waals surface area (Å²) >= 11 is 5.80. The van der Waals surface area contributed by atoms with Gasteiger partial charge in [0.05, 0.1) is 5.02 Å². The van der Waals surface area contributed by atoms with Gasteiger partial charge in [-0.1, -0.05) is 31.5 Å². The summed E-state index contributed by atoms with van der Waals surface area (Å²) in [6.07, 6.45) is 2.06. The third-order valence-electron chi connectivity index (χ3n) is 3.52. The van der Waals surface area contributed by atoms with E-state index in [0.29, 0.717) is 11.8 Å². The van der Waals surface area contributed by atoms with E-state index >= 15 is 0 Å². The molecule has 0 amide bonds. The molecule has 1 saturated heterocycles. The van der Waals surface area contributed by atoms with E-state index in [2.05, 4.69) is 19.2 Å². The highest BCUT2D eigenvalue weighted by atomic mass is 35.5. The molecule has 0 spiro atoms. The van der Waals surface area contributed by atoms with E-state index in [1.165, 1.54) is 0 Å². The molecule has 1 aromatic rings. The van der Waals surface area contributed by atoms with Crippen molar-refractivity contribution in [3.05, 3.63) is 29.0 Å². The maximum atomic E-state index is 13.9. The molecular weight excluding hydrogens is 265 g/mol. The van der Waals surface area contributed by atoms with Gasteiger partial charge in [0.15, 0.2) is 11.6 Å². The fraction of sp³-hybridized carbons (Fsp3) is 0.600. The van der Waals surface area contributed by atoms with Crippen LogP contribution >= 0.6 is 11.6 Å². The summed E-state index contributed by atoms with van der Waals surface area (Å²) in [5.41, 5.74) is 0. The van der Waals surface area contributed by atoms with Crippen molar-refractivity contribution in [1.82, 2.24) is 5.32 Å². The Labute approximate surface area is 119 Å². The average molecular weight is 286 g/mol. The minimum Gasteiger partial charge on any atom is -0.487 e. The van der Waals surface area contributed by atoms with Gasteiger partial charge >= 0.3 is 0 Å². The second-order valence-corrected chi connectivity index (χ2v) is 6.00. The second-order valence-electron chi connectivity index (χ2n) is 5.59. The number of benzene rings is 1. The van der Waals surface area contributed by atoms with E-state index in [9.17, 15) is 4.39 Å². The first-order valence-corrected chi connectivity index (χ1v) is 7.27. The monoisotopic (exact) mass is 285 g/mol. The van der Waals surface area contributed by atoms with Gasteiger partial charge in [0.1, 0.15) is 6.10 Å². The van der Waals surface area contributed by atoms with Crippen molar-refractivity contribution >= 4 is 11.6 Å². The summed E-state index contributed by atoms with van der Waals surface area (Å²) < 4.78 is 19.8. The molecule has 0 radical (unpaired) electrons. The van der Waals surface area contributed by atoms with Crippen LogP contribution in [0.1, 0.15) is 26.7 Å². The first kappa shape index (κ1) is 14.6. The third-order valence-corrected chi connectivity index (χ3v) is 3.81. The van der Waals surface area contributed by atoms with E-state index in [0.717, 1.165) is 25.9 Å². The van der Waals surface area contributed by atoms with Crippen LogP contribution in [0.25, 0.3) is 0 Å². The van der Waals surface area contributed by atoms with Crippen molar-refractivity contribution in [1.29, 1.82) is 0 Å². The molecule has 0 bridgehead atoms. The van der Waals surface area contributed by atoms with E-state index < -0.39 is 5.82 Å². The van der Waals surface area contributed by atoms with Gasteiger partial charge in [-0.15, -0.1) is 0 Å². The van der Waals surface area contributed by atoms with Gasteiger partial charge in [0.25, 0.3) is 0 Å². The summed E-state index contributed by atoms with van der Waals surface area (Å²) in [4.78, 5) is 0. The van der Waals surface area contributed by atoms with Gasteiger partial charge in [-0.05, 0) is 37.4 Å². The van der Waals surface area contributed by atoms with E-state index in [1.54, 1.807) is 18.2 Å². The fourth-order valence-electron chi connectivity index (χ4n) is 2.53. The second kappa shape index (κ2) is 6.58. The van der Waals surface area contributed by atoms with Crippen molar-refractivity contribution in [2.45, 2.75) is 32.8 Å². The quantitative estimate of drug-likeness (QED) is 0.886. The highest BCUT2D eigenvalue weighted by Crippen LogP contribution is 2.29. The summed E-state index contributed by atoms with van der Waals surface area (Å²) in [7, 11) is 0. The zero-order valence-electron chi connectivity index (χ0n) is 11.5. The van der Waals surface area contributed by atoms with Gasteiger partial charge in [-0.25, -0.2) is 4.39 Å². The molecule has 2 nitrogen and oxygen atoms in total. The Morgan fingerprint density at radius 1 is 1.47 bits per heavy atom. The highest BCUT2D eigenvalue weighted by molar-refractivity contribution is 6.30. The Hall–Kier alpha value is -0.800. The van der Waals surface area contributed by atoms with Crippen molar-refractivity contribution < 1.29 is 9.13 Å². The molecule has 0 aliphatic carbocycles. The molecule has 1 N–H and O–H groups in total. The Bertz CT molecular complexity index is 419. The molecule has 106 valence electrons. The molecule has 1 aliphatic rings. The molecule has 4 heteroatoms. The summed E-state index contributed by atoms with van der Waals surface area (Å²) in [6, 6.07) is 4.91. The predicted octanol–water partition coefficient (Wildman–Crippen LogP) is 3.88. The smallest absolute Gasteiger partial charge is 0.183 e. The predicted molar refractivity (Wildman–Crippen MR) is 76.3 cm³/mol. The van der Waals surface area contributed by atoms with Crippen LogP contribution in [0.5, 0.6) is 5.75 Å². The Kier molecular flexibility index (Phi) is 5.06. The van der Waals surface area contributed by atoms with Crippen molar-refractivity contribution in [2.75, 3.05) is 13.1 Å². The molecule has 19 heavy (non-hydrogen) atoms. The molecule has 1 fully saturated rings. The summed E-state index contributed by atoms with van der Waals surface area (Å²) in [6.45, 7) is 6.28. The van der Waals surface area contributed by atoms with Crippen LogP contribution in [-0.4, -0.2) is 19.2 Å². The molecular formula is C15H21ClFNO. The first-order chi connectivity index (χ1) is 9.08. The number of halogens is 2. The maximum Gasteiger partial charge on any atom is 0.183 e. The summed E-state index contributed by atoms with van der Waals surface area (Å²) in [5, 5.41) is 3.45. The largest absolute Gasteiger partial charge is 0.487 e. The van der Waals surface area contributed by atoms with Gasteiger partial charge in [-0.3, -0.25) is 0 Å². The topological polar surface area (TPSA) is 21.3 Å². The minimum absolute atomic E-state index is 0.0444. The van der Waals surface area contributed by atoms with Crippen LogP contribution in [0.15, 0.2) is 18.2 Å². The van der Waals surface area contributed by atoms with Crippen LogP contribution in [0.4, 0.5) is 4.39 Å². The zero-order chi connectivity index (χ0) is 13.8. The fourth-order valence-corrected chi connectivity index (χ4v) is 2.70. The number of nitrogens with one attached hydrogen (secondary N) is 1. The Morgan fingerprint density at radius 3 is 2.89 bits per heavy atom. The van der Waals surface area contributed by atoms with Crippen LogP contribution in [0.3, 0.4) is 0 Å². The molecule has 2 rings (SSSR count). The minimum atomic E-state index is -0.455. The molecule has 0 saturated carbocycles. The molecule has 0 unspecified atom stereocenters. The zero-order valence-corrected chi connectivity index (χ0v) is 12.2. The third kappa shape index (κ3) is 3.83. The maximum absolute atomic E-state index is 13.9. The standard InChI is InChI=1S/C15H21ClFNO/c1-10(2)8-14(11-6-7-18-9-11)19-13-5-3-4-12(16)15(13)17/h3-5,10-11,14,18H,6-9H2,1-2H3/t11-,14-/m0/s1. The average Bonchev–Trinajstić information content (AvgIpc) is 2.87. The van der Waals surface area contributed by atoms with Crippen molar-refractivity contribution in [3.63, 3.8) is 0 Å². The SMILES string of the molecule is CC(C)C[C@H](Oc1cccc(Cl)c1F)[C@H]1CCNC1. The van der Waals surface area contributed by atoms with E-state index in [-0.39, 0.29) is 16.9 Å². The lowest BCUT2D eigenvalue weighted by molar-refractivity contribution is 0.114. The van der Waals surface area contributed by atoms with Crippen LogP contribution < -0.4 is 10.1 Å². The Morgan fingerprint density at radius 2 is 2.26 bits per heavy atom. The Balaban J connectivity index is 2.12. The van der Waals surface area contributed by atoms with Crippen molar-refractivity contribution in [2.24, 2.45) is 11.8 Å². The van der Waals surface area contributed by atoms with Gasteiger partial charge < -0.3 is 10.1 Å². The lowest BCUT2D eigenvalue weighted by Crippen LogP contribution is -2.30. The lowest BCUT2D eigenvalue weighted by Gasteiger charge is -2.26. The van der Waals surface area contributed by atoms with E-state index in [1.807, 2.05) is 0 Å². The number of hydrogen-bond acceptors (Lipinski definition) is 2. The molecule has 1 aliphatic heterocycles. The molecule has 1 aromatic carbocycles. The van der Waals surface area contributed by atoms with Crippen molar-refractivity contribution in [3.8, 4) is 5.75 Å². The lowest BCUT2D eigenvalue weighted by atomic mass is 9.93. The van der Waals surface area contributed by atoms with E-state index in [4.69, 9.17) is 16.3 Å². The normalized spacial score (nSPS) is 20.8. The number of ether oxygens (including phenoxy) is 1. The molecule has 2 atom stereocenters. The van der Waals surface area contributed by atoms with Gasteiger partial charge in [0.2, 0.25) is 0 Å². The summed E-state index contributed by atoms with van der Waals surface area (Å²) in [5.74, 6) is 0.780. The highest BCUT2D eigenvalue weighted by Gasteiger charge is 2.28. The molecule has 0 aromatic heterocycles. The van der Waals surface area contributed by atoms with Crippen LogP contribution in [-0.2, 0) is 0 Å². The number of hydrogen-bond donors (Lipinski definition) is 1. The van der Waals surface area contributed by atoms with Crippen LogP contribution in [0, 0.1) is 17.7 Å². The van der Waals surface area contributed by atoms with Gasteiger partial charge in [0, 0.05) is 12.5 Å². The van der Waals surface area contributed by atoms with Gasteiger partial charge in [-0.2, -0.15) is 0 Å². The molecule has 1 heterocycles. The van der Waals surface area contributed by atoms with Crippen LogP contribution in [0.2, 0.25) is 5.02 Å².